The number of rotatable bonds is 18. The summed E-state index contributed by atoms with van der Waals surface area (Å²) in [7, 11) is 0. The van der Waals surface area contributed by atoms with Crippen LogP contribution in [0.4, 0.5) is 8.78 Å². The molecule has 0 fully saturated rings. The summed E-state index contributed by atoms with van der Waals surface area (Å²) in [6.07, 6.45) is 1.12. The molecule has 2 unspecified atom stereocenters. The molecule has 0 spiro atoms. The summed E-state index contributed by atoms with van der Waals surface area (Å²) in [4.78, 5) is 66.7. The Labute approximate surface area is 315 Å². The highest BCUT2D eigenvalue weighted by atomic mass is 19.1. The summed E-state index contributed by atoms with van der Waals surface area (Å²) in [5, 5.41) is 18.2. The van der Waals surface area contributed by atoms with Gasteiger partial charge < -0.3 is 36.3 Å². The number of halogens is 2. The van der Waals surface area contributed by atoms with E-state index in [9.17, 15) is 33.5 Å². The Bertz CT molecular complexity index is 1770. The third-order valence-electron chi connectivity index (χ3n) is 8.61. The first-order valence-electron chi connectivity index (χ1n) is 18.1. The summed E-state index contributed by atoms with van der Waals surface area (Å²) in [5.74, 6) is -4.69. The van der Waals surface area contributed by atoms with Crippen molar-refractivity contribution in [3.63, 3.8) is 0 Å². The molecule has 14 heteroatoms. The molecule has 0 aliphatic rings. The van der Waals surface area contributed by atoms with Crippen LogP contribution in [0.5, 0.6) is 0 Å². The van der Waals surface area contributed by atoms with Crippen LogP contribution in [0.3, 0.4) is 0 Å². The average Bonchev–Trinajstić information content (AvgIpc) is 3.47. The van der Waals surface area contributed by atoms with Gasteiger partial charge in [-0.3, -0.25) is 24.0 Å². The van der Waals surface area contributed by atoms with E-state index in [2.05, 4.69) is 16.0 Å². The Hall–Kier alpha value is -5.11. The molecular formula is C40H54F2N6O6. The maximum absolute atomic E-state index is 15.1. The Morgan fingerprint density at radius 2 is 1.52 bits per heavy atom. The lowest BCUT2D eigenvalue weighted by Gasteiger charge is -2.41. The van der Waals surface area contributed by atoms with Gasteiger partial charge in [-0.25, -0.2) is 8.78 Å². The number of carbonyl (C=O) groups is 5. The van der Waals surface area contributed by atoms with Crippen molar-refractivity contribution in [2.24, 2.45) is 17.1 Å². The first-order chi connectivity index (χ1) is 25.3. The number of nitrogens with one attached hydrogen (secondary N) is 3. The van der Waals surface area contributed by atoms with E-state index in [-0.39, 0.29) is 36.9 Å². The normalized spacial score (nSPS) is 13.3. The SMILES string of the molecule is CC(C)CC(=O)N[C@@H](CC(N)=O)C(=O)NC(CCN(C(=O)CO)C(c1cc(-c2cc(F)ccc2F)cn1Cc1ccccc1)C(C)(C)C)C(=O)NC(C)C. The number of aromatic nitrogens is 1. The Morgan fingerprint density at radius 1 is 0.870 bits per heavy atom. The molecule has 1 heterocycles. The number of primary amides is 1. The Kier molecular flexibility index (Phi) is 15.5. The van der Waals surface area contributed by atoms with E-state index in [0.29, 0.717) is 17.8 Å². The highest BCUT2D eigenvalue weighted by molar-refractivity contribution is 5.94. The number of nitrogens with zero attached hydrogens (tertiary/aromatic N) is 2. The van der Waals surface area contributed by atoms with Crippen LogP contribution in [0, 0.1) is 23.0 Å². The smallest absolute Gasteiger partial charge is 0.248 e. The van der Waals surface area contributed by atoms with Crippen molar-refractivity contribution < 1.29 is 37.9 Å². The topological polar surface area (TPSA) is 176 Å². The van der Waals surface area contributed by atoms with Gasteiger partial charge in [0.15, 0.2) is 0 Å². The lowest BCUT2D eigenvalue weighted by Crippen LogP contribution is -2.56. The molecule has 6 N–H and O–H groups in total. The second-order valence-corrected chi connectivity index (χ2v) is 15.3. The molecule has 0 aliphatic carbocycles. The highest BCUT2D eigenvalue weighted by Gasteiger charge is 2.38. The van der Waals surface area contributed by atoms with Crippen LogP contribution >= 0.6 is 0 Å². The first kappa shape index (κ1) is 43.3. The fourth-order valence-corrected chi connectivity index (χ4v) is 6.33. The van der Waals surface area contributed by atoms with E-state index in [4.69, 9.17) is 5.73 Å². The summed E-state index contributed by atoms with van der Waals surface area (Å²) in [5.41, 5.74) is 6.50. The zero-order valence-corrected chi connectivity index (χ0v) is 32.1. The summed E-state index contributed by atoms with van der Waals surface area (Å²) < 4.78 is 31.4. The molecule has 0 saturated carbocycles. The standard InChI is InChI=1S/C40H54F2N6O6/c1-24(2)17-35(51)45-32(20-34(43)50)39(54)46-31(38(53)44-25(3)4)15-16-48(36(52)23-49)37(40(5,6)7)33-18-27(29-19-28(41)13-14-30(29)42)22-47(33)21-26-11-9-8-10-12-26/h8-14,18-19,22,24-25,31-32,37,49H,15-17,20-21,23H2,1-7H3,(H2,43,50)(H,44,53)(H,45,51)(H,46,54)/t31?,32-,37?/m0/s1. The number of hydrogen-bond donors (Lipinski definition) is 5. The van der Waals surface area contributed by atoms with Gasteiger partial charge in [-0.15, -0.1) is 0 Å². The van der Waals surface area contributed by atoms with Gasteiger partial charge in [0, 0.05) is 48.6 Å². The van der Waals surface area contributed by atoms with Gasteiger partial charge >= 0.3 is 0 Å². The predicted molar refractivity (Wildman–Crippen MR) is 201 cm³/mol. The number of aliphatic hydroxyl groups is 1. The molecule has 0 aliphatic heterocycles. The van der Waals surface area contributed by atoms with E-state index in [1.54, 1.807) is 26.1 Å². The third-order valence-corrected chi connectivity index (χ3v) is 8.61. The van der Waals surface area contributed by atoms with Crippen LogP contribution in [0.15, 0.2) is 60.8 Å². The highest BCUT2D eigenvalue weighted by Crippen LogP contribution is 2.41. The van der Waals surface area contributed by atoms with Crippen LogP contribution in [0.25, 0.3) is 11.1 Å². The number of amides is 5. The van der Waals surface area contributed by atoms with Crippen molar-refractivity contribution in [2.45, 2.75) is 98.4 Å². The Balaban J connectivity index is 2.09. The average molecular weight is 753 g/mol. The van der Waals surface area contributed by atoms with Gasteiger partial charge in [-0.1, -0.05) is 65.0 Å². The number of carbonyl (C=O) groups excluding carboxylic acids is 5. The fraction of sp³-hybridized carbons (Fsp3) is 0.475. The van der Waals surface area contributed by atoms with Gasteiger partial charge in [-0.05, 0) is 61.4 Å². The minimum absolute atomic E-state index is 0.0230. The molecule has 1 aromatic heterocycles. The zero-order chi connectivity index (χ0) is 40.3. The van der Waals surface area contributed by atoms with E-state index >= 15 is 4.39 Å². The molecule has 5 amide bonds. The second-order valence-electron chi connectivity index (χ2n) is 15.3. The molecule has 3 aromatic rings. The van der Waals surface area contributed by atoms with E-state index in [0.717, 1.165) is 23.8 Å². The second kappa shape index (κ2) is 19.3. The molecule has 0 radical (unpaired) electrons. The minimum atomic E-state index is -1.36. The van der Waals surface area contributed by atoms with Gasteiger partial charge in [0.05, 0.1) is 12.5 Å². The number of aliphatic hydroxyl groups excluding tert-OH is 1. The Morgan fingerprint density at radius 3 is 2.09 bits per heavy atom. The monoisotopic (exact) mass is 752 g/mol. The van der Waals surface area contributed by atoms with Crippen molar-refractivity contribution in [1.29, 1.82) is 0 Å². The molecular weight excluding hydrogens is 698 g/mol. The zero-order valence-electron chi connectivity index (χ0n) is 32.1. The van der Waals surface area contributed by atoms with Crippen LogP contribution in [0.1, 0.15) is 85.0 Å². The molecule has 0 saturated heterocycles. The van der Waals surface area contributed by atoms with Gasteiger partial charge in [0.2, 0.25) is 29.5 Å². The van der Waals surface area contributed by atoms with Gasteiger partial charge in [-0.2, -0.15) is 0 Å². The van der Waals surface area contributed by atoms with Crippen molar-refractivity contribution >= 4 is 29.5 Å². The minimum Gasteiger partial charge on any atom is -0.387 e. The van der Waals surface area contributed by atoms with Crippen molar-refractivity contribution in [3.8, 4) is 11.1 Å². The first-order valence-corrected chi connectivity index (χ1v) is 18.1. The van der Waals surface area contributed by atoms with Gasteiger partial charge in [0.1, 0.15) is 30.3 Å². The molecule has 3 rings (SSSR count). The number of hydrogen-bond acceptors (Lipinski definition) is 6. The van der Waals surface area contributed by atoms with E-state index < -0.39 is 77.7 Å². The third kappa shape index (κ3) is 12.5. The fourth-order valence-electron chi connectivity index (χ4n) is 6.33. The van der Waals surface area contributed by atoms with Crippen LogP contribution in [-0.2, 0) is 30.5 Å². The van der Waals surface area contributed by atoms with E-state index in [1.807, 2.05) is 69.5 Å². The molecule has 0 bridgehead atoms. The number of benzene rings is 2. The van der Waals surface area contributed by atoms with Gasteiger partial charge in [0.25, 0.3) is 0 Å². The van der Waals surface area contributed by atoms with Crippen molar-refractivity contribution in [2.75, 3.05) is 13.2 Å². The molecule has 54 heavy (non-hydrogen) atoms. The van der Waals surface area contributed by atoms with E-state index in [1.165, 1.54) is 4.90 Å². The lowest BCUT2D eigenvalue weighted by atomic mass is 9.82. The van der Waals surface area contributed by atoms with Crippen LogP contribution in [-0.4, -0.2) is 75.4 Å². The van der Waals surface area contributed by atoms with Crippen molar-refractivity contribution in [1.82, 2.24) is 25.4 Å². The molecule has 3 atom stereocenters. The summed E-state index contributed by atoms with van der Waals surface area (Å²) in [6.45, 7) is 12.0. The van der Waals surface area contributed by atoms with Crippen molar-refractivity contribution in [3.05, 3.63) is 83.7 Å². The van der Waals surface area contributed by atoms with Crippen LogP contribution in [0.2, 0.25) is 0 Å². The van der Waals surface area contributed by atoms with Crippen LogP contribution < -0.4 is 21.7 Å². The predicted octanol–water partition coefficient (Wildman–Crippen LogP) is 4.20. The summed E-state index contributed by atoms with van der Waals surface area (Å²) >= 11 is 0. The maximum atomic E-state index is 15.1. The largest absolute Gasteiger partial charge is 0.387 e. The maximum Gasteiger partial charge on any atom is 0.248 e. The number of nitrogens with two attached hydrogens (primary N) is 1. The lowest BCUT2D eigenvalue weighted by molar-refractivity contribution is -0.140. The quantitative estimate of drug-likeness (QED) is 0.130. The molecule has 2 aromatic carbocycles. The molecule has 12 nitrogen and oxygen atoms in total. The molecule has 294 valence electrons. The summed E-state index contributed by atoms with van der Waals surface area (Å²) in [6, 6.07) is 10.6.